The molecule has 0 bridgehead atoms. The molecule has 2 aliphatic heterocycles. The van der Waals surface area contributed by atoms with Crippen LogP contribution < -0.4 is 19.7 Å². The number of hydrogen-bond acceptors (Lipinski definition) is 4. The molecule has 27 heavy (non-hydrogen) atoms. The average molecular weight is 384 g/mol. The van der Waals surface area contributed by atoms with Gasteiger partial charge in [0, 0.05) is 43.1 Å². The van der Waals surface area contributed by atoms with Crippen LogP contribution in [0.3, 0.4) is 0 Å². The lowest BCUT2D eigenvalue weighted by molar-refractivity contribution is 0.171. The minimum atomic E-state index is 0.390. The Morgan fingerprint density at radius 1 is 1.04 bits per heavy atom. The minimum Gasteiger partial charge on any atom is -0.486 e. The molecule has 0 saturated carbocycles. The lowest BCUT2D eigenvalue weighted by Gasteiger charge is -2.42. The molecule has 1 saturated heterocycles. The normalized spacial score (nSPS) is 19.0. The van der Waals surface area contributed by atoms with Gasteiger partial charge in [0.25, 0.3) is 0 Å². The van der Waals surface area contributed by atoms with E-state index in [2.05, 4.69) is 53.2 Å². The van der Waals surface area contributed by atoms with Crippen LogP contribution in [0.5, 0.6) is 11.5 Å². The summed E-state index contributed by atoms with van der Waals surface area (Å²) >= 11 is 5.66. The summed E-state index contributed by atoms with van der Waals surface area (Å²) in [6.45, 7) is 8.29. The molecule has 142 valence electrons. The summed E-state index contributed by atoms with van der Waals surface area (Å²) in [5.41, 5.74) is 3.49. The van der Waals surface area contributed by atoms with Crippen LogP contribution in [0.4, 0.5) is 11.4 Å². The Bertz CT molecular complexity index is 825. The van der Waals surface area contributed by atoms with Gasteiger partial charge in [-0.2, -0.15) is 0 Å². The fourth-order valence-electron chi connectivity index (χ4n) is 3.59. The van der Waals surface area contributed by atoms with Crippen LogP contribution in [-0.4, -0.2) is 48.9 Å². The van der Waals surface area contributed by atoms with Gasteiger partial charge in [0.05, 0.1) is 0 Å². The highest BCUT2D eigenvalue weighted by molar-refractivity contribution is 7.80. The van der Waals surface area contributed by atoms with E-state index in [-0.39, 0.29) is 0 Å². The van der Waals surface area contributed by atoms with Crippen LogP contribution in [0.1, 0.15) is 12.5 Å². The predicted molar refractivity (Wildman–Crippen MR) is 113 cm³/mol. The molecule has 1 fully saturated rings. The second-order valence-electron chi connectivity index (χ2n) is 7.11. The Hall–Kier alpha value is -2.47. The topological polar surface area (TPSA) is 37.0 Å². The molecular formula is C21H25N3O2S. The number of anilines is 2. The van der Waals surface area contributed by atoms with Crippen molar-refractivity contribution in [1.82, 2.24) is 4.90 Å². The number of ether oxygens (including phenoxy) is 2. The number of thiocarbonyl (C=S) groups is 1. The zero-order valence-electron chi connectivity index (χ0n) is 15.8. The van der Waals surface area contributed by atoms with Crippen LogP contribution in [0.25, 0.3) is 0 Å². The third-order valence-electron chi connectivity index (χ3n) is 5.07. The Morgan fingerprint density at radius 3 is 2.52 bits per heavy atom. The lowest BCUT2D eigenvalue weighted by Crippen LogP contribution is -2.54. The molecule has 4 rings (SSSR count). The van der Waals surface area contributed by atoms with Crippen molar-refractivity contribution >= 4 is 28.7 Å². The Morgan fingerprint density at radius 2 is 1.78 bits per heavy atom. The smallest absolute Gasteiger partial charge is 0.173 e. The summed E-state index contributed by atoms with van der Waals surface area (Å²) in [6, 6.07) is 15.0. The molecule has 5 nitrogen and oxygen atoms in total. The number of piperazine rings is 1. The van der Waals surface area contributed by atoms with E-state index >= 15 is 0 Å². The largest absolute Gasteiger partial charge is 0.486 e. The molecule has 6 heteroatoms. The van der Waals surface area contributed by atoms with Crippen molar-refractivity contribution in [3.63, 3.8) is 0 Å². The van der Waals surface area contributed by atoms with Gasteiger partial charge in [0.15, 0.2) is 16.6 Å². The van der Waals surface area contributed by atoms with Crippen LogP contribution in [-0.2, 0) is 0 Å². The first-order valence-corrected chi connectivity index (χ1v) is 9.80. The average Bonchev–Trinajstić information content (AvgIpc) is 2.68. The maximum Gasteiger partial charge on any atom is 0.173 e. The summed E-state index contributed by atoms with van der Waals surface area (Å²) in [5.74, 6) is 1.56. The first-order valence-electron chi connectivity index (χ1n) is 9.39. The summed E-state index contributed by atoms with van der Waals surface area (Å²) in [4.78, 5) is 4.68. The third kappa shape index (κ3) is 3.95. The maximum absolute atomic E-state index is 5.66. The van der Waals surface area contributed by atoms with Crippen molar-refractivity contribution in [3.05, 3.63) is 48.0 Å². The molecule has 2 aromatic carbocycles. The molecule has 0 aliphatic carbocycles. The molecule has 0 spiro atoms. The monoisotopic (exact) mass is 383 g/mol. The second-order valence-corrected chi connectivity index (χ2v) is 7.50. The number of fused-ring (bicyclic) bond motifs is 1. The summed E-state index contributed by atoms with van der Waals surface area (Å²) < 4.78 is 11.2. The van der Waals surface area contributed by atoms with Crippen LogP contribution in [0.2, 0.25) is 0 Å². The predicted octanol–water partition coefficient (Wildman–Crippen LogP) is 3.67. The molecule has 1 atom stereocenters. The van der Waals surface area contributed by atoms with Crippen molar-refractivity contribution in [3.8, 4) is 11.5 Å². The van der Waals surface area contributed by atoms with Gasteiger partial charge in [-0.15, -0.1) is 0 Å². The van der Waals surface area contributed by atoms with Crippen LogP contribution >= 0.6 is 12.2 Å². The van der Waals surface area contributed by atoms with E-state index in [1.807, 2.05) is 18.2 Å². The van der Waals surface area contributed by atoms with Crippen LogP contribution in [0, 0.1) is 6.92 Å². The van der Waals surface area contributed by atoms with E-state index < -0.39 is 0 Å². The highest BCUT2D eigenvalue weighted by Gasteiger charge is 2.25. The van der Waals surface area contributed by atoms with E-state index in [0.29, 0.717) is 19.3 Å². The van der Waals surface area contributed by atoms with Gasteiger partial charge in [-0.1, -0.05) is 17.7 Å². The SMILES string of the molecule is Cc1ccc(N2CCN(C(=S)Nc3ccc4c(c3)OCCO4)C[C@@H]2C)cc1. The van der Waals surface area contributed by atoms with Gasteiger partial charge in [-0.3, -0.25) is 0 Å². The van der Waals surface area contributed by atoms with E-state index in [9.17, 15) is 0 Å². The van der Waals surface area contributed by atoms with Gasteiger partial charge in [0.1, 0.15) is 13.2 Å². The molecular weight excluding hydrogens is 358 g/mol. The van der Waals surface area contributed by atoms with Crippen molar-refractivity contribution < 1.29 is 9.47 Å². The molecule has 2 aliphatic rings. The number of aryl methyl sites for hydroxylation is 1. The van der Waals surface area contributed by atoms with Gasteiger partial charge in [-0.05, 0) is 50.3 Å². The molecule has 0 aromatic heterocycles. The van der Waals surface area contributed by atoms with Gasteiger partial charge < -0.3 is 24.6 Å². The van der Waals surface area contributed by atoms with Gasteiger partial charge in [-0.25, -0.2) is 0 Å². The molecule has 0 amide bonds. The fourth-order valence-corrected chi connectivity index (χ4v) is 3.87. The quantitative estimate of drug-likeness (QED) is 0.798. The Balaban J connectivity index is 1.38. The van der Waals surface area contributed by atoms with Crippen molar-refractivity contribution in [1.29, 1.82) is 0 Å². The van der Waals surface area contributed by atoms with Crippen molar-refractivity contribution in [2.24, 2.45) is 0 Å². The van der Waals surface area contributed by atoms with Crippen LogP contribution in [0.15, 0.2) is 42.5 Å². The number of nitrogens with zero attached hydrogens (tertiary/aromatic N) is 2. The summed E-state index contributed by atoms with van der Waals surface area (Å²) in [5, 5.41) is 4.10. The Kier molecular flexibility index (Phi) is 5.07. The first-order chi connectivity index (χ1) is 13.1. The second kappa shape index (κ2) is 7.64. The van der Waals surface area contributed by atoms with E-state index in [1.54, 1.807) is 0 Å². The lowest BCUT2D eigenvalue weighted by atomic mass is 10.1. The maximum atomic E-state index is 5.66. The van der Waals surface area contributed by atoms with Gasteiger partial charge in [0.2, 0.25) is 0 Å². The number of benzene rings is 2. The highest BCUT2D eigenvalue weighted by Crippen LogP contribution is 2.32. The molecule has 0 radical (unpaired) electrons. The van der Waals surface area contributed by atoms with E-state index in [1.165, 1.54) is 11.3 Å². The molecule has 1 N–H and O–H groups in total. The molecule has 2 heterocycles. The summed E-state index contributed by atoms with van der Waals surface area (Å²) in [6.07, 6.45) is 0. The standard InChI is InChI=1S/C21H25N3O2S/c1-15-3-6-18(7-4-15)24-10-9-23(14-16(24)2)21(27)22-17-5-8-19-20(13-17)26-12-11-25-19/h3-8,13,16H,9-12,14H2,1-2H3,(H,22,27)/t16-/m0/s1. The Labute approximate surface area is 165 Å². The number of rotatable bonds is 2. The third-order valence-corrected chi connectivity index (χ3v) is 5.43. The molecule has 2 aromatic rings. The van der Waals surface area contributed by atoms with E-state index in [0.717, 1.165) is 41.9 Å². The van der Waals surface area contributed by atoms with Crippen molar-refractivity contribution in [2.45, 2.75) is 19.9 Å². The van der Waals surface area contributed by atoms with Crippen molar-refractivity contribution in [2.75, 3.05) is 43.1 Å². The first kappa shape index (κ1) is 17.9. The number of hydrogen-bond donors (Lipinski definition) is 1. The van der Waals surface area contributed by atoms with Gasteiger partial charge >= 0.3 is 0 Å². The summed E-state index contributed by atoms with van der Waals surface area (Å²) in [7, 11) is 0. The minimum absolute atomic E-state index is 0.390. The fraction of sp³-hybridized carbons (Fsp3) is 0.381. The number of nitrogens with one attached hydrogen (secondary N) is 1. The van der Waals surface area contributed by atoms with E-state index in [4.69, 9.17) is 21.7 Å². The molecule has 0 unspecified atom stereocenters. The highest BCUT2D eigenvalue weighted by atomic mass is 32.1. The zero-order chi connectivity index (χ0) is 18.8. The zero-order valence-corrected chi connectivity index (χ0v) is 16.6.